The van der Waals surface area contributed by atoms with E-state index in [1.807, 2.05) is 7.05 Å². The molecule has 6 nitrogen and oxygen atoms in total. The third-order valence-electron chi connectivity index (χ3n) is 3.79. The molecule has 0 aliphatic carbocycles. The predicted octanol–water partition coefficient (Wildman–Crippen LogP) is 1.73. The largest absolute Gasteiger partial charge is 0.493 e. The number of halogens is 1. The van der Waals surface area contributed by atoms with Crippen LogP contribution in [0.5, 0.6) is 11.5 Å². The van der Waals surface area contributed by atoms with Crippen LogP contribution in [0.15, 0.2) is 17.0 Å². The lowest BCUT2D eigenvalue weighted by atomic mass is 10.2. The van der Waals surface area contributed by atoms with Gasteiger partial charge in [-0.2, -0.15) is 4.31 Å². The van der Waals surface area contributed by atoms with Crippen molar-refractivity contribution < 1.29 is 17.9 Å². The number of nitrogens with one attached hydrogen (secondary N) is 1. The Bertz CT molecular complexity index is 636. The Hall–Kier alpha value is -1.02. The summed E-state index contributed by atoms with van der Waals surface area (Å²) < 4.78 is 37.7. The molecule has 22 heavy (non-hydrogen) atoms. The SMILES string of the molecule is CNCC1CCCN1S(=O)(=O)c1cc(OC)c(OC)cc1Cl. The Balaban J connectivity index is 2.45. The summed E-state index contributed by atoms with van der Waals surface area (Å²) >= 11 is 6.17. The number of ether oxygens (including phenoxy) is 2. The summed E-state index contributed by atoms with van der Waals surface area (Å²) in [5.41, 5.74) is 0. The minimum absolute atomic E-state index is 0.0508. The highest BCUT2D eigenvalue weighted by molar-refractivity contribution is 7.89. The van der Waals surface area contributed by atoms with Crippen LogP contribution in [0, 0.1) is 0 Å². The van der Waals surface area contributed by atoms with Gasteiger partial charge in [-0.25, -0.2) is 8.42 Å². The van der Waals surface area contributed by atoms with Crippen molar-refractivity contribution in [2.75, 3.05) is 34.4 Å². The molecule has 1 aliphatic rings. The van der Waals surface area contributed by atoms with Crippen molar-refractivity contribution in [1.29, 1.82) is 0 Å². The van der Waals surface area contributed by atoms with Crippen molar-refractivity contribution in [2.24, 2.45) is 0 Å². The second-order valence-corrected chi connectivity index (χ2v) is 7.37. The number of likely N-dealkylation sites (N-methyl/N-ethyl adjacent to an activating group) is 1. The van der Waals surface area contributed by atoms with Gasteiger partial charge in [-0.1, -0.05) is 11.6 Å². The number of hydrogen-bond donors (Lipinski definition) is 1. The van der Waals surface area contributed by atoms with Crippen LogP contribution in [0.2, 0.25) is 5.02 Å². The fraction of sp³-hybridized carbons (Fsp3) is 0.571. The zero-order chi connectivity index (χ0) is 16.3. The molecular formula is C14H21ClN2O4S. The second-order valence-electron chi connectivity index (χ2n) is 5.11. The van der Waals surface area contributed by atoms with Crippen LogP contribution >= 0.6 is 11.6 Å². The molecule has 1 saturated heterocycles. The minimum Gasteiger partial charge on any atom is -0.493 e. The summed E-state index contributed by atoms with van der Waals surface area (Å²) in [4.78, 5) is 0.0508. The van der Waals surface area contributed by atoms with E-state index in [2.05, 4.69) is 5.32 Å². The highest BCUT2D eigenvalue weighted by Crippen LogP contribution is 2.37. The third-order valence-corrected chi connectivity index (χ3v) is 6.20. The molecule has 8 heteroatoms. The van der Waals surface area contributed by atoms with Crippen LogP contribution in [0.1, 0.15) is 12.8 Å². The fourth-order valence-corrected chi connectivity index (χ4v) is 4.93. The molecule has 0 bridgehead atoms. The van der Waals surface area contributed by atoms with Crippen molar-refractivity contribution in [3.63, 3.8) is 0 Å². The molecule has 0 spiro atoms. The molecule has 1 aromatic rings. The van der Waals surface area contributed by atoms with Gasteiger partial charge in [0.05, 0.1) is 19.2 Å². The topological polar surface area (TPSA) is 67.9 Å². The maximum absolute atomic E-state index is 12.9. The van der Waals surface area contributed by atoms with Crippen LogP contribution in [0.3, 0.4) is 0 Å². The summed E-state index contributed by atoms with van der Waals surface area (Å²) in [7, 11) is 1.08. The number of rotatable bonds is 6. The third kappa shape index (κ3) is 3.17. The van der Waals surface area contributed by atoms with E-state index in [9.17, 15) is 8.42 Å². The number of methoxy groups -OCH3 is 2. The minimum atomic E-state index is -3.67. The zero-order valence-corrected chi connectivity index (χ0v) is 14.5. The lowest BCUT2D eigenvalue weighted by Crippen LogP contribution is -2.40. The molecule has 2 rings (SSSR count). The van der Waals surface area contributed by atoms with Crippen molar-refractivity contribution in [3.8, 4) is 11.5 Å². The van der Waals surface area contributed by atoms with E-state index in [-0.39, 0.29) is 16.0 Å². The Labute approximate surface area is 136 Å². The lowest BCUT2D eigenvalue weighted by Gasteiger charge is -2.24. The molecule has 1 heterocycles. The number of sulfonamides is 1. The summed E-state index contributed by atoms with van der Waals surface area (Å²) in [6.07, 6.45) is 1.68. The average molecular weight is 349 g/mol. The van der Waals surface area contributed by atoms with Gasteiger partial charge in [0, 0.05) is 31.3 Å². The number of nitrogens with zero attached hydrogens (tertiary/aromatic N) is 1. The number of hydrogen-bond acceptors (Lipinski definition) is 5. The van der Waals surface area contributed by atoms with Gasteiger partial charge in [-0.3, -0.25) is 0 Å². The Morgan fingerprint density at radius 2 is 1.95 bits per heavy atom. The van der Waals surface area contributed by atoms with Gasteiger partial charge in [0.15, 0.2) is 11.5 Å². The van der Waals surface area contributed by atoms with E-state index in [0.717, 1.165) is 12.8 Å². The summed E-state index contributed by atoms with van der Waals surface area (Å²) in [5, 5.41) is 3.17. The van der Waals surface area contributed by atoms with Gasteiger partial charge in [-0.05, 0) is 19.9 Å². The Morgan fingerprint density at radius 1 is 1.32 bits per heavy atom. The quantitative estimate of drug-likeness (QED) is 0.848. The van der Waals surface area contributed by atoms with E-state index in [4.69, 9.17) is 21.1 Å². The normalized spacial score (nSPS) is 19.4. The molecule has 0 amide bonds. The maximum Gasteiger partial charge on any atom is 0.244 e. The number of benzene rings is 1. The van der Waals surface area contributed by atoms with Crippen molar-refractivity contribution in [1.82, 2.24) is 9.62 Å². The van der Waals surface area contributed by atoms with Crippen molar-refractivity contribution in [2.45, 2.75) is 23.8 Å². The molecule has 1 fully saturated rings. The van der Waals surface area contributed by atoms with Crippen LogP contribution in [-0.2, 0) is 10.0 Å². The Morgan fingerprint density at radius 3 is 2.55 bits per heavy atom. The lowest BCUT2D eigenvalue weighted by molar-refractivity contribution is 0.352. The molecule has 0 saturated carbocycles. The van der Waals surface area contributed by atoms with Gasteiger partial charge in [-0.15, -0.1) is 0 Å². The standard InChI is InChI=1S/C14H21ClN2O4S/c1-16-9-10-5-4-6-17(10)22(18,19)14-8-13(21-3)12(20-2)7-11(14)15/h7-8,10,16H,4-6,9H2,1-3H3. The second kappa shape index (κ2) is 7.04. The maximum atomic E-state index is 12.9. The van der Waals surface area contributed by atoms with Crippen LogP contribution in [-0.4, -0.2) is 53.1 Å². The predicted molar refractivity (Wildman–Crippen MR) is 85.4 cm³/mol. The summed E-state index contributed by atoms with van der Waals surface area (Å²) in [6, 6.07) is 2.83. The van der Waals surface area contributed by atoms with Crippen LogP contribution < -0.4 is 14.8 Å². The molecule has 1 atom stereocenters. The van der Waals surface area contributed by atoms with E-state index in [1.54, 1.807) is 0 Å². The molecule has 1 aliphatic heterocycles. The van der Waals surface area contributed by atoms with Gasteiger partial charge in [0.1, 0.15) is 4.90 Å². The molecule has 0 radical (unpaired) electrons. The fourth-order valence-electron chi connectivity index (χ4n) is 2.72. The van der Waals surface area contributed by atoms with Gasteiger partial charge < -0.3 is 14.8 Å². The first-order valence-electron chi connectivity index (χ1n) is 7.03. The van der Waals surface area contributed by atoms with Crippen LogP contribution in [0.4, 0.5) is 0 Å². The Kier molecular flexibility index (Phi) is 5.55. The first-order valence-corrected chi connectivity index (χ1v) is 8.85. The first-order chi connectivity index (χ1) is 10.5. The molecule has 1 N–H and O–H groups in total. The monoisotopic (exact) mass is 348 g/mol. The molecule has 0 aromatic heterocycles. The highest BCUT2D eigenvalue weighted by Gasteiger charge is 2.36. The van der Waals surface area contributed by atoms with Gasteiger partial charge in [0.25, 0.3) is 0 Å². The molecule has 1 unspecified atom stereocenters. The molecular weight excluding hydrogens is 328 g/mol. The van der Waals surface area contributed by atoms with Crippen molar-refractivity contribution >= 4 is 21.6 Å². The summed E-state index contributed by atoms with van der Waals surface area (Å²) in [5.74, 6) is 0.745. The molecule has 1 aromatic carbocycles. The highest BCUT2D eigenvalue weighted by atomic mass is 35.5. The van der Waals surface area contributed by atoms with E-state index in [0.29, 0.717) is 24.6 Å². The van der Waals surface area contributed by atoms with E-state index in [1.165, 1.54) is 30.7 Å². The average Bonchev–Trinajstić information content (AvgIpc) is 2.96. The first kappa shape index (κ1) is 17.3. The smallest absolute Gasteiger partial charge is 0.244 e. The van der Waals surface area contributed by atoms with Gasteiger partial charge in [0.2, 0.25) is 10.0 Å². The summed E-state index contributed by atoms with van der Waals surface area (Å²) in [6.45, 7) is 1.11. The van der Waals surface area contributed by atoms with Gasteiger partial charge >= 0.3 is 0 Å². The van der Waals surface area contributed by atoms with E-state index < -0.39 is 10.0 Å². The molecule has 124 valence electrons. The van der Waals surface area contributed by atoms with E-state index >= 15 is 0 Å². The van der Waals surface area contributed by atoms with Crippen molar-refractivity contribution in [3.05, 3.63) is 17.2 Å². The van der Waals surface area contributed by atoms with Crippen LogP contribution in [0.25, 0.3) is 0 Å². The zero-order valence-electron chi connectivity index (χ0n) is 12.9.